The number of carboxylic acids is 1. The van der Waals surface area contributed by atoms with Crippen LogP contribution in [0.3, 0.4) is 0 Å². The van der Waals surface area contributed by atoms with Gasteiger partial charge in [-0.2, -0.15) is 0 Å². The Morgan fingerprint density at radius 3 is 2.45 bits per heavy atom. The van der Waals surface area contributed by atoms with Gasteiger partial charge in [-0.1, -0.05) is 57.2 Å². The van der Waals surface area contributed by atoms with E-state index in [2.05, 4.69) is 20.8 Å². The molecule has 150 valence electrons. The first kappa shape index (κ1) is 19.4. The second kappa shape index (κ2) is 6.87. The van der Waals surface area contributed by atoms with Crippen molar-refractivity contribution in [2.45, 2.75) is 40.2 Å². The molecule has 0 spiro atoms. The fraction of sp³-hybridized carbons (Fsp3) is 0.360. The SMILES string of the molecule is CC12CCC(C(=Cc3ccc(COc4ccccc4C(=O)O)cc3)C1=O)C2(C)C. The van der Waals surface area contributed by atoms with E-state index in [1.807, 2.05) is 30.3 Å². The number of aromatic carboxylic acids is 1. The van der Waals surface area contributed by atoms with Gasteiger partial charge in [0.25, 0.3) is 0 Å². The van der Waals surface area contributed by atoms with E-state index in [4.69, 9.17) is 4.74 Å². The van der Waals surface area contributed by atoms with Crippen LogP contribution in [0, 0.1) is 16.7 Å². The predicted molar refractivity (Wildman–Crippen MR) is 112 cm³/mol. The van der Waals surface area contributed by atoms with Gasteiger partial charge in [0, 0.05) is 5.41 Å². The molecule has 4 heteroatoms. The summed E-state index contributed by atoms with van der Waals surface area (Å²) in [4.78, 5) is 24.3. The third-order valence-electron chi connectivity index (χ3n) is 7.18. The number of rotatable bonds is 5. The van der Waals surface area contributed by atoms with Crippen molar-refractivity contribution in [2.75, 3.05) is 0 Å². The van der Waals surface area contributed by atoms with Crippen LogP contribution in [0.4, 0.5) is 0 Å². The molecule has 2 bridgehead atoms. The lowest BCUT2D eigenvalue weighted by atomic mass is 9.70. The molecule has 1 N–H and O–H groups in total. The van der Waals surface area contributed by atoms with E-state index < -0.39 is 5.97 Å². The monoisotopic (exact) mass is 390 g/mol. The lowest BCUT2D eigenvalue weighted by molar-refractivity contribution is -0.125. The number of para-hydroxylation sites is 1. The van der Waals surface area contributed by atoms with Gasteiger partial charge in [0.15, 0.2) is 5.78 Å². The van der Waals surface area contributed by atoms with Crippen LogP contribution in [0.25, 0.3) is 6.08 Å². The fourth-order valence-corrected chi connectivity index (χ4v) is 4.91. The largest absolute Gasteiger partial charge is 0.488 e. The number of hydrogen-bond acceptors (Lipinski definition) is 3. The number of fused-ring (bicyclic) bond motifs is 2. The molecule has 2 aliphatic carbocycles. The molecule has 29 heavy (non-hydrogen) atoms. The Labute approximate surface area is 171 Å². The summed E-state index contributed by atoms with van der Waals surface area (Å²) in [5, 5.41) is 9.24. The summed E-state index contributed by atoms with van der Waals surface area (Å²) in [6.45, 7) is 6.84. The number of carbonyl (C=O) groups is 2. The third kappa shape index (κ3) is 3.07. The summed E-state index contributed by atoms with van der Waals surface area (Å²) in [6.07, 6.45) is 4.11. The van der Waals surface area contributed by atoms with Crippen molar-refractivity contribution >= 4 is 17.8 Å². The van der Waals surface area contributed by atoms with E-state index in [9.17, 15) is 14.7 Å². The van der Waals surface area contributed by atoms with Crippen LogP contribution in [0.1, 0.15) is 55.1 Å². The summed E-state index contributed by atoms with van der Waals surface area (Å²) in [5.74, 6) is -0.0177. The van der Waals surface area contributed by atoms with Crippen molar-refractivity contribution in [3.8, 4) is 5.75 Å². The Kier molecular flexibility index (Phi) is 4.60. The molecule has 2 aliphatic rings. The summed E-state index contributed by atoms with van der Waals surface area (Å²) in [5.41, 5.74) is 2.84. The summed E-state index contributed by atoms with van der Waals surface area (Å²) in [6, 6.07) is 14.5. The molecule has 0 amide bonds. The molecule has 2 unspecified atom stereocenters. The number of carbonyl (C=O) groups excluding carboxylic acids is 1. The Balaban J connectivity index is 1.49. The highest BCUT2D eigenvalue weighted by Crippen LogP contribution is 2.65. The number of ketones is 1. The second-order valence-electron chi connectivity index (χ2n) is 8.91. The summed E-state index contributed by atoms with van der Waals surface area (Å²) in [7, 11) is 0. The maximum atomic E-state index is 13.0. The van der Waals surface area contributed by atoms with Crippen molar-refractivity contribution in [3.05, 3.63) is 70.8 Å². The fourth-order valence-electron chi connectivity index (χ4n) is 4.91. The molecule has 2 aromatic carbocycles. The molecule has 0 saturated heterocycles. The molecule has 0 aromatic heterocycles. The molecule has 0 radical (unpaired) electrons. The number of benzene rings is 2. The number of ether oxygens (including phenoxy) is 1. The van der Waals surface area contributed by atoms with Crippen molar-refractivity contribution in [3.63, 3.8) is 0 Å². The van der Waals surface area contributed by atoms with Crippen LogP contribution in [-0.4, -0.2) is 16.9 Å². The van der Waals surface area contributed by atoms with Gasteiger partial charge in [0.05, 0.1) is 0 Å². The molecular weight excluding hydrogens is 364 g/mol. The number of hydrogen-bond donors (Lipinski definition) is 1. The highest BCUT2D eigenvalue weighted by molar-refractivity contribution is 6.07. The van der Waals surface area contributed by atoms with Gasteiger partial charge in [0.2, 0.25) is 0 Å². The minimum absolute atomic E-state index is 0.0151. The predicted octanol–water partition coefficient (Wildman–Crippen LogP) is 5.37. The molecule has 0 aliphatic heterocycles. The average molecular weight is 390 g/mol. The Morgan fingerprint density at radius 2 is 1.83 bits per heavy atom. The molecule has 2 aromatic rings. The van der Waals surface area contributed by atoms with Gasteiger partial charge in [-0.05, 0) is 59.1 Å². The number of Topliss-reactive ketones (excluding diaryl/α,β-unsaturated/α-hetero) is 1. The second-order valence-corrected chi connectivity index (χ2v) is 8.91. The molecule has 2 fully saturated rings. The zero-order valence-electron chi connectivity index (χ0n) is 17.1. The van der Waals surface area contributed by atoms with Crippen LogP contribution < -0.4 is 4.74 Å². The van der Waals surface area contributed by atoms with Crippen molar-refractivity contribution in [1.82, 2.24) is 0 Å². The lowest BCUT2D eigenvalue weighted by Crippen LogP contribution is -2.32. The Hall–Kier alpha value is -2.88. The first-order valence-corrected chi connectivity index (χ1v) is 10.0. The molecule has 4 rings (SSSR count). The molecular formula is C25H26O4. The quantitative estimate of drug-likeness (QED) is 0.697. The highest BCUT2D eigenvalue weighted by Gasteiger charge is 2.63. The van der Waals surface area contributed by atoms with Gasteiger partial charge in [0.1, 0.15) is 17.9 Å². The first-order chi connectivity index (χ1) is 13.7. The van der Waals surface area contributed by atoms with E-state index in [-0.39, 0.29) is 23.0 Å². The normalized spacial score (nSPS) is 26.1. The number of carboxylic acid groups (broad SMARTS) is 1. The van der Waals surface area contributed by atoms with E-state index >= 15 is 0 Å². The van der Waals surface area contributed by atoms with Gasteiger partial charge in [-0.3, -0.25) is 4.79 Å². The maximum absolute atomic E-state index is 13.0. The van der Waals surface area contributed by atoms with Gasteiger partial charge in [-0.15, -0.1) is 0 Å². The highest BCUT2D eigenvalue weighted by atomic mass is 16.5. The summed E-state index contributed by atoms with van der Waals surface area (Å²) < 4.78 is 5.71. The van der Waals surface area contributed by atoms with Crippen LogP contribution >= 0.6 is 0 Å². The van der Waals surface area contributed by atoms with Gasteiger partial charge in [-0.25, -0.2) is 4.79 Å². The molecule has 2 atom stereocenters. The topological polar surface area (TPSA) is 63.6 Å². The molecule has 0 heterocycles. The Bertz CT molecular complexity index is 1000. The zero-order valence-corrected chi connectivity index (χ0v) is 17.1. The third-order valence-corrected chi connectivity index (χ3v) is 7.18. The zero-order chi connectivity index (χ0) is 20.8. The standard InChI is InChI=1S/C25H26O4/c1-24(2)20-12-13-25(24,3)22(26)19(20)14-16-8-10-17(11-9-16)15-29-21-7-5-4-6-18(21)23(27)28/h4-11,14,20H,12-13,15H2,1-3H3,(H,27,28). The minimum atomic E-state index is -1.00. The van der Waals surface area contributed by atoms with E-state index in [1.165, 1.54) is 6.07 Å². The smallest absolute Gasteiger partial charge is 0.339 e. The number of allylic oxidation sites excluding steroid dienone is 1. The lowest BCUT2D eigenvalue weighted by Gasteiger charge is -2.31. The Morgan fingerprint density at radius 1 is 1.14 bits per heavy atom. The van der Waals surface area contributed by atoms with Gasteiger partial charge < -0.3 is 9.84 Å². The maximum Gasteiger partial charge on any atom is 0.339 e. The summed E-state index contributed by atoms with van der Waals surface area (Å²) >= 11 is 0. The molecule has 4 nitrogen and oxygen atoms in total. The van der Waals surface area contributed by atoms with Gasteiger partial charge >= 0.3 is 5.97 Å². The van der Waals surface area contributed by atoms with Crippen molar-refractivity contribution in [1.29, 1.82) is 0 Å². The average Bonchev–Trinajstić information content (AvgIpc) is 3.01. The van der Waals surface area contributed by atoms with E-state index in [0.29, 0.717) is 17.5 Å². The van der Waals surface area contributed by atoms with Crippen LogP contribution in [-0.2, 0) is 11.4 Å². The minimum Gasteiger partial charge on any atom is -0.488 e. The van der Waals surface area contributed by atoms with Crippen molar-refractivity contribution < 1.29 is 19.4 Å². The van der Waals surface area contributed by atoms with E-state index in [0.717, 1.165) is 29.5 Å². The van der Waals surface area contributed by atoms with Crippen LogP contribution in [0.15, 0.2) is 54.1 Å². The molecule has 2 saturated carbocycles. The van der Waals surface area contributed by atoms with Crippen LogP contribution in [0.2, 0.25) is 0 Å². The van der Waals surface area contributed by atoms with Crippen molar-refractivity contribution in [2.24, 2.45) is 16.7 Å². The first-order valence-electron chi connectivity index (χ1n) is 10.0. The van der Waals surface area contributed by atoms with E-state index in [1.54, 1.807) is 18.2 Å². The van der Waals surface area contributed by atoms with Crippen LogP contribution in [0.5, 0.6) is 5.75 Å².